The van der Waals surface area contributed by atoms with E-state index in [-0.39, 0.29) is 23.0 Å². The second-order valence-corrected chi connectivity index (χ2v) is 4.79. The highest BCUT2D eigenvalue weighted by Crippen LogP contribution is 2.23. The zero-order valence-corrected chi connectivity index (χ0v) is 12.6. The number of nitrogens with zero attached hydrogens (tertiary/aromatic N) is 2. The smallest absolute Gasteiger partial charge is 0.270 e. The standard InChI is InChI=1S/C15H15F3N4O/c1-3-6-19-15(23)11-7-12(21-8(2)20-11)22-10-5-4-9(16)13(17)14(10)18/h4-5,7H,3,6H2,1-2H3,(H,19,23)(H,20,21,22). The van der Waals surface area contributed by atoms with Crippen molar-refractivity contribution in [2.24, 2.45) is 0 Å². The van der Waals surface area contributed by atoms with Crippen LogP contribution in [0.15, 0.2) is 18.2 Å². The van der Waals surface area contributed by atoms with Gasteiger partial charge in [0.2, 0.25) is 0 Å². The summed E-state index contributed by atoms with van der Waals surface area (Å²) in [6.07, 6.45) is 0.765. The molecule has 0 aliphatic heterocycles. The monoisotopic (exact) mass is 324 g/mol. The third-order valence-corrected chi connectivity index (χ3v) is 2.90. The Labute approximate surface area is 131 Å². The summed E-state index contributed by atoms with van der Waals surface area (Å²) >= 11 is 0. The second-order valence-electron chi connectivity index (χ2n) is 4.79. The van der Waals surface area contributed by atoms with Crippen LogP contribution >= 0.6 is 0 Å². The number of benzene rings is 1. The van der Waals surface area contributed by atoms with Gasteiger partial charge in [-0.3, -0.25) is 4.79 Å². The Hall–Kier alpha value is -2.64. The maximum absolute atomic E-state index is 13.7. The molecule has 0 spiro atoms. The van der Waals surface area contributed by atoms with E-state index in [1.165, 1.54) is 6.07 Å². The predicted molar refractivity (Wildman–Crippen MR) is 79.0 cm³/mol. The van der Waals surface area contributed by atoms with Crippen LogP contribution in [0.3, 0.4) is 0 Å². The zero-order chi connectivity index (χ0) is 17.0. The molecule has 0 bridgehead atoms. The van der Waals surface area contributed by atoms with E-state index in [0.717, 1.165) is 18.6 Å². The van der Waals surface area contributed by atoms with Gasteiger partial charge in [-0.25, -0.2) is 23.1 Å². The van der Waals surface area contributed by atoms with E-state index in [9.17, 15) is 18.0 Å². The molecule has 1 aromatic carbocycles. The van der Waals surface area contributed by atoms with Crippen LogP contribution in [-0.2, 0) is 0 Å². The molecule has 0 aliphatic rings. The highest BCUT2D eigenvalue weighted by atomic mass is 19.2. The van der Waals surface area contributed by atoms with Crippen molar-refractivity contribution in [2.45, 2.75) is 20.3 Å². The van der Waals surface area contributed by atoms with Crippen molar-refractivity contribution < 1.29 is 18.0 Å². The number of aryl methyl sites for hydroxylation is 1. The van der Waals surface area contributed by atoms with Gasteiger partial charge in [-0.2, -0.15) is 0 Å². The second kappa shape index (κ2) is 7.08. The van der Waals surface area contributed by atoms with Crippen LogP contribution in [0.2, 0.25) is 0 Å². The van der Waals surface area contributed by atoms with Gasteiger partial charge < -0.3 is 10.6 Å². The van der Waals surface area contributed by atoms with Crippen LogP contribution < -0.4 is 10.6 Å². The number of hydrogen-bond acceptors (Lipinski definition) is 4. The summed E-state index contributed by atoms with van der Waals surface area (Å²) in [5.74, 6) is -4.25. The van der Waals surface area contributed by atoms with Crippen LogP contribution in [0, 0.1) is 24.4 Å². The molecular formula is C15H15F3N4O. The van der Waals surface area contributed by atoms with E-state index in [2.05, 4.69) is 20.6 Å². The first-order chi connectivity index (χ1) is 10.9. The highest BCUT2D eigenvalue weighted by molar-refractivity contribution is 5.93. The van der Waals surface area contributed by atoms with E-state index in [4.69, 9.17) is 0 Å². The molecule has 0 unspecified atom stereocenters. The molecule has 2 N–H and O–H groups in total. The van der Waals surface area contributed by atoms with Gasteiger partial charge in [0.25, 0.3) is 5.91 Å². The molecule has 122 valence electrons. The molecule has 1 amide bonds. The van der Waals surface area contributed by atoms with Crippen LogP contribution in [0.5, 0.6) is 0 Å². The molecule has 0 fully saturated rings. The molecule has 5 nitrogen and oxygen atoms in total. The first-order valence-corrected chi connectivity index (χ1v) is 6.96. The third-order valence-electron chi connectivity index (χ3n) is 2.90. The quantitative estimate of drug-likeness (QED) is 0.830. The van der Waals surface area contributed by atoms with E-state index in [0.29, 0.717) is 6.54 Å². The minimum absolute atomic E-state index is 0.0939. The van der Waals surface area contributed by atoms with Crippen molar-refractivity contribution in [3.8, 4) is 0 Å². The molecule has 1 heterocycles. The number of anilines is 2. The minimum Gasteiger partial charge on any atom is -0.351 e. The topological polar surface area (TPSA) is 66.9 Å². The molecular weight excluding hydrogens is 309 g/mol. The summed E-state index contributed by atoms with van der Waals surface area (Å²) in [6.45, 7) is 3.95. The van der Waals surface area contributed by atoms with Gasteiger partial charge in [0.1, 0.15) is 17.3 Å². The van der Waals surface area contributed by atoms with Crippen molar-refractivity contribution in [3.05, 3.63) is 47.2 Å². The van der Waals surface area contributed by atoms with E-state index in [1.54, 1.807) is 6.92 Å². The molecule has 8 heteroatoms. The Kier molecular flexibility index (Phi) is 5.15. The van der Waals surface area contributed by atoms with Crippen molar-refractivity contribution >= 4 is 17.4 Å². The lowest BCUT2D eigenvalue weighted by atomic mass is 10.2. The third kappa shape index (κ3) is 3.97. The summed E-state index contributed by atoms with van der Waals surface area (Å²) in [5.41, 5.74) is -0.196. The Morgan fingerprint density at radius 3 is 2.61 bits per heavy atom. The minimum atomic E-state index is -1.58. The van der Waals surface area contributed by atoms with Gasteiger partial charge in [0.15, 0.2) is 17.5 Å². The van der Waals surface area contributed by atoms with Gasteiger partial charge in [-0.15, -0.1) is 0 Å². The summed E-state index contributed by atoms with van der Waals surface area (Å²) in [5, 5.41) is 5.17. The number of rotatable bonds is 5. The fourth-order valence-electron chi connectivity index (χ4n) is 1.84. The number of nitrogens with one attached hydrogen (secondary N) is 2. The van der Waals surface area contributed by atoms with Crippen LogP contribution in [0.1, 0.15) is 29.7 Å². The summed E-state index contributed by atoms with van der Waals surface area (Å²) in [7, 11) is 0. The van der Waals surface area contributed by atoms with Gasteiger partial charge in [0.05, 0.1) is 5.69 Å². The summed E-state index contributed by atoms with van der Waals surface area (Å²) in [4.78, 5) is 19.9. The fraction of sp³-hybridized carbons (Fsp3) is 0.267. The van der Waals surface area contributed by atoms with Gasteiger partial charge in [-0.1, -0.05) is 6.92 Å². The van der Waals surface area contributed by atoms with Crippen molar-refractivity contribution in [1.29, 1.82) is 0 Å². The van der Waals surface area contributed by atoms with Crippen molar-refractivity contribution in [3.63, 3.8) is 0 Å². The number of carbonyl (C=O) groups excluding carboxylic acids is 1. The molecule has 1 aromatic heterocycles. The molecule has 0 saturated carbocycles. The lowest BCUT2D eigenvalue weighted by Gasteiger charge is -2.10. The number of halogens is 3. The fourth-order valence-corrected chi connectivity index (χ4v) is 1.84. The number of aromatic nitrogens is 2. The number of hydrogen-bond donors (Lipinski definition) is 2. The van der Waals surface area contributed by atoms with Gasteiger partial charge >= 0.3 is 0 Å². The Balaban J connectivity index is 2.29. The Morgan fingerprint density at radius 1 is 1.17 bits per heavy atom. The predicted octanol–water partition coefficient (Wildman–Crippen LogP) is 3.09. The molecule has 2 aromatic rings. The lowest BCUT2D eigenvalue weighted by Crippen LogP contribution is -2.25. The zero-order valence-electron chi connectivity index (χ0n) is 12.6. The van der Waals surface area contributed by atoms with Gasteiger partial charge in [0, 0.05) is 12.6 Å². The Bertz CT molecular complexity index is 737. The van der Waals surface area contributed by atoms with Gasteiger partial charge in [-0.05, 0) is 25.5 Å². The highest BCUT2D eigenvalue weighted by Gasteiger charge is 2.15. The van der Waals surface area contributed by atoms with Crippen LogP contribution in [0.25, 0.3) is 0 Å². The van der Waals surface area contributed by atoms with E-state index < -0.39 is 23.4 Å². The molecule has 0 aliphatic carbocycles. The molecule has 0 radical (unpaired) electrons. The summed E-state index contributed by atoms with van der Waals surface area (Å²) in [6, 6.07) is 3.14. The van der Waals surface area contributed by atoms with E-state index in [1.807, 2.05) is 6.92 Å². The largest absolute Gasteiger partial charge is 0.351 e. The van der Waals surface area contributed by atoms with Crippen LogP contribution in [-0.4, -0.2) is 22.4 Å². The average Bonchev–Trinajstić information content (AvgIpc) is 2.52. The molecule has 0 saturated heterocycles. The SMILES string of the molecule is CCCNC(=O)c1cc(Nc2ccc(F)c(F)c2F)nc(C)n1. The summed E-state index contributed by atoms with van der Waals surface area (Å²) < 4.78 is 39.8. The first-order valence-electron chi connectivity index (χ1n) is 6.96. The van der Waals surface area contributed by atoms with Crippen LogP contribution in [0.4, 0.5) is 24.7 Å². The molecule has 23 heavy (non-hydrogen) atoms. The van der Waals surface area contributed by atoms with Crippen molar-refractivity contribution in [2.75, 3.05) is 11.9 Å². The number of carbonyl (C=O) groups is 1. The lowest BCUT2D eigenvalue weighted by molar-refractivity contribution is 0.0948. The maximum Gasteiger partial charge on any atom is 0.270 e. The normalized spacial score (nSPS) is 10.5. The number of amides is 1. The molecule has 0 atom stereocenters. The maximum atomic E-state index is 13.7. The first kappa shape index (κ1) is 16.7. The van der Waals surface area contributed by atoms with E-state index >= 15 is 0 Å². The Morgan fingerprint density at radius 2 is 1.91 bits per heavy atom. The molecule has 2 rings (SSSR count). The average molecular weight is 324 g/mol. The van der Waals surface area contributed by atoms with Crippen molar-refractivity contribution in [1.82, 2.24) is 15.3 Å².